The number of benzene rings is 4. The van der Waals surface area contributed by atoms with Crippen LogP contribution in [0.3, 0.4) is 0 Å². The minimum Gasteiger partial charge on any atom is -0.425 e. The van der Waals surface area contributed by atoms with Gasteiger partial charge in [-0.2, -0.15) is 0 Å². The highest BCUT2D eigenvalue weighted by atomic mass is 16.5. The molecule has 4 aromatic carbocycles. The molecule has 0 radical (unpaired) electrons. The monoisotopic (exact) mass is 656 g/mol. The maximum absolute atomic E-state index is 13.4. The van der Waals surface area contributed by atoms with Crippen LogP contribution in [-0.2, 0) is 33.3 Å². The maximum atomic E-state index is 13.4. The first-order chi connectivity index (χ1) is 23.0. The van der Waals surface area contributed by atoms with Crippen molar-refractivity contribution < 1.29 is 19.1 Å². The molecule has 2 atom stereocenters. The Morgan fingerprint density at radius 3 is 1.27 bits per heavy atom. The second-order valence-corrected chi connectivity index (χ2v) is 16.6. The lowest BCUT2D eigenvalue weighted by molar-refractivity contribution is -0.134. The molecule has 0 fully saturated rings. The molecule has 2 aliphatic heterocycles. The molecule has 0 saturated heterocycles. The number of fused-ring (bicyclic) bond motifs is 2. The van der Waals surface area contributed by atoms with E-state index in [2.05, 4.69) is 130 Å². The highest BCUT2D eigenvalue weighted by Crippen LogP contribution is 2.48. The summed E-state index contributed by atoms with van der Waals surface area (Å²) >= 11 is 0. The first-order valence-corrected chi connectivity index (χ1v) is 17.9. The van der Waals surface area contributed by atoms with Crippen molar-refractivity contribution in [3.8, 4) is 11.5 Å². The fourth-order valence-electron chi connectivity index (χ4n) is 7.63. The van der Waals surface area contributed by atoms with Gasteiger partial charge < -0.3 is 9.47 Å². The third-order valence-electron chi connectivity index (χ3n) is 10.4. The standard InChI is InChI=1S/C45H52O4/c1-26-16-18-28(3)32(20-26)38-34-22-30(24-36(44(5,6)7)40(34)48-42(38)46)14-12-11-13-15-31-23-35-39(33-21-27(2)17-19-29(33)4)43(47)49-41(35)37(25-31)45(8,9)10/h16-25,38-39H,11-15H2,1-10H3. The van der Waals surface area contributed by atoms with Crippen LogP contribution in [0.25, 0.3) is 0 Å². The van der Waals surface area contributed by atoms with Crippen LogP contribution in [0.15, 0.2) is 60.7 Å². The van der Waals surface area contributed by atoms with Crippen molar-refractivity contribution in [3.05, 3.63) is 127 Å². The first kappa shape index (κ1) is 34.7. The van der Waals surface area contributed by atoms with Gasteiger partial charge in [0.05, 0.1) is 0 Å². The normalized spacial score (nSPS) is 17.2. The van der Waals surface area contributed by atoms with Crippen LogP contribution in [0.2, 0.25) is 0 Å². The Morgan fingerprint density at radius 1 is 0.510 bits per heavy atom. The SMILES string of the molecule is Cc1ccc(C)c(C2C(=O)Oc3c2cc(CCCCCc2cc4c(c(C(C)(C)C)c2)OC(=O)C4c2cc(C)ccc2C)cc3C(C)(C)C)c1. The lowest BCUT2D eigenvalue weighted by atomic mass is 9.80. The van der Waals surface area contributed by atoms with Gasteiger partial charge in [0.15, 0.2) is 0 Å². The molecule has 0 aliphatic carbocycles. The Balaban J connectivity index is 1.22. The summed E-state index contributed by atoms with van der Waals surface area (Å²) in [7, 11) is 0. The molecule has 0 saturated carbocycles. The average molecular weight is 657 g/mol. The second kappa shape index (κ2) is 12.9. The van der Waals surface area contributed by atoms with Gasteiger partial charge in [-0.25, -0.2) is 0 Å². The van der Waals surface area contributed by atoms with Gasteiger partial charge in [0, 0.05) is 22.3 Å². The third kappa shape index (κ3) is 6.84. The van der Waals surface area contributed by atoms with Crippen molar-refractivity contribution in [1.29, 1.82) is 0 Å². The van der Waals surface area contributed by atoms with Crippen molar-refractivity contribution in [2.75, 3.05) is 0 Å². The van der Waals surface area contributed by atoms with Crippen molar-refractivity contribution in [2.24, 2.45) is 0 Å². The van der Waals surface area contributed by atoms with E-state index in [0.29, 0.717) is 0 Å². The van der Waals surface area contributed by atoms with Crippen molar-refractivity contribution in [2.45, 2.75) is 124 Å². The molecule has 2 aliphatic rings. The number of rotatable bonds is 8. The maximum Gasteiger partial charge on any atom is 0.323 e. The van der Waals surface area contributed by atoms with Crippen molar-refractivity contribution in [3.63, 3.8) is 0 Å². The van der Waals surface area contributed by atoms with E-state index in [0.717, 1.165) is 99.2 Å². The van der Waals surface area contributed by atoms with E-state index >= 15 is 0 Å². The molecule has 6 rings (SSSR count). The topological polar surface area (TPSA) is 52.6 Å². The van der Waals surface area contributed by atoms with Crippen LogP contribution in [0.4, 0.5) is 0 Å². The summed E-state index contributed by atoms with van der Waals surface area (Å²) in [5.74, 6) is 0.358. The quantitative estimate of drug-likeness (QED) is 0.108. The lowest BCUT2D eigenvalue weighted by Gasteiger charge is -2.23. The van der Waals surface area contributed by atoms with Crippen LogP contribution in [0.5, 0.6) is 11.5 Å². The van der Waals surface area contributed by atoms with Crippen LogP contribution >= 0.6 is 0 Å². The Hall–Kier alpha value is -4.18. The minimum atomic E-state index is -0.393. The van der Waals surface area contributed by atoms with Crippen molar-refractivity contribution in [1.82, 2.24) is 0 Å². The molecule has 2 heterocycles. The molecule has 0 N–H and O–H groups in total. The molecule has 4 aromatic rings. The zero-order chi connectivity index (χ0) is 35.4. The lowest BCUT2D eigenvalue weighted by Crippen LogP contribution is -2.14. The van der Waals surface area contributed by atoms with Gasteiger partial charge in [0.25, 0.3) is 0 Å². The predicted octanol–water partition coefficient (Wildman–Crippen LogP) is 10.6. The van der Waals surface area contributed by atoms with Crippen LogP contribution in [0, 0.1) is 27.7 Å². The number of hydrogen-bond donors (Lipinski definition) is 0. The Labute approximate surface area is 293 Å². The molecule has 0 bridgehead atoms. The van der Waals surface area contributed by atoms with E-state index in [9.17, 15) is 9.59 Å². The van der Waals surface area contributed by atoms with Crippen LogP contribution < -0.4 is 9.47 Å². The molecule has 4 heteroatoms. The fourth-order valence-corrected chi connectivity index (χ4v) is 7.63. The van der Waals surface area contributed by atoms with Gasteiger partial charge in [-0.05, 0) is 97.6 Å². The fraction of sp³-hybridized carbons (Fsp3) is 0.422. The van der Waals surface area contributed by atoms with E-state index in [1.165, 1.54) is 11.1 Å². The zero-order valence-electron chi connectivity index (χ0n) is 31.1. The molecule has 256 valence electrons. The van der Waals surface area contributed by atoms with E-state index in [1.807, 2.05) is 0 Å². The molecule has 0 spiro atoms. The van der Waals surface area contributed by atoms with Gasteiger partial charge in [-0.3, -0.25) is 9.59 Å². The number of aryl methyl sites for hydroxylation is 6. The number of esters is 2. The summed E-state index contributed by atoms with van der Waals surface area (Å²) in [6.07, 6.45) is 5.07. The molecular formula is C45H52O4. The Morgan fingerprint density at radius 2 is 0.898 bits per heavy atom. The average Bonchev–Trinajstić information content (AvgIpc) is 3.52. The number of ether oxygens (including phenoxy) is 2. The van der Waals surface area contributed by atoms with Crippen molar-refractivity contribution >= 4 is 11.9 Å². The summed E-state index contributed by atoms with van der Waals surface area (Å²) in [5, 5.41) is 0. The van der Waals surface area contributed by atoms with Gasteiger partial charge in [-0.1, -0.05) is 120 Å². The molecule has 2 unspecified atom stereocenters. The highest BCUT2D eigenvalue weighted by molar-refractivity contribution is 5.91. The van der Waals surface area contributed by atoms with E-state index in [1.54, 1.807) is 0 Å². The number of unbranched alkanes of at least 4 members (excludes halogenated alkanes) is 2. The summed E-state index contributed by atoms with van der Waals surface area (Å²) in [4.78, 5) is 26.8. The number of carbonyl (C=O) groups excluding carboxylic acids is 2. The molecule has 49 heavy (non-hydrogen) atoms. The van der Waals surface area contributed by atoms with Crippen LogP contribution in [0.1, 0.15) is 139 Å². The largest absolute Gasteiger partial charge is 0.425 e. The molecule has 0 aromatic heterocycles. The highest BCUT2D eigenvalue weighted by Gasteiger charge is 2.40. The number of hydrogen-bond acceptors (Lipinski definition) is 4. The van der Waals surface area contributed by atoms with Gasteiger partial charge >= 0.3 is 11.9 Å². The van der Waals surface area contributed by atoms with E-state index in [4.69, 9.17) is 9.47 Å². The Bertz CT molecular complexity index is 1810. The molecule has 4 nitrogen and oxygen atoms in total. The van der Waals surface area contributed by atoms with Gasteiger partial charge in [0.1, 0.15) is 23.3 Å². The summed E-state index contributed by atoms with van der Waals surface area (Å²) in [6, 6.07) is 21.6. The summed E-state index contributed by atoms with van der Waals surface area (Å²) < 4.78 is 12.0. The molecule has 0 amide bonds. The van der Waals surface area contributed by atoms with Crippen LogP contribution in [-0.4, -0.2) is 11.9 Å². The first-order valence-electron chi connectivity index (χ1n) is 17.9. The smallest absolute Gasteiger partial charge is 0.323 e. The Kier molecular flexibility index (Phi) is 9.15. The van der Waals surface area contributed by atoms with E-state index < -0.39 is 11.8 Å². The second-order valence-electron chi connectivity index (χ2n) is 16.6. The minimum absolute atomic E-state index is 0.158. The number of carbonyl (C=O) groups is 2. The van der Waals surface area contributed by atoms with Gasteiger partial charge in [-0.15, -0.1) is 0 Å². The van der Waals surface area contributed by atoms with E-state index in [-0.39, 0.29) is 22.8 Å². The third-order valence-corrected chi connectivity index (χ3v) is 10.4. The zero-order valence-corrected chi connectivity index (χ0v) is 31.1. The molecular weight excluding hydrogens is 604 g/mol. The summed E-state index contributed by atoms with van der Waals surface area (Å²) in [5.41, 5.74) is 13.0. The predicted molar refractivity (Wildman–Crippen MR) is 198 cm³/mol. The van der Waals surface area contributed by atoms with Gasteiger partial charge in [0.2, 0.25) is 0 Å². The summed E-state index contributed by atoms with van der Waals surface area (Å²) in [6.45, 7) is 21.5.